The van der Waals surface area contributed by atoms with Crippen molar-refractivity contribution >= 4 is 23.4 Å². The Bertz CT molecular complexity index is 743. The largest absolute Gasteiger partial charge is 0.462 e. The fourth-order valence-electron chi connectivity index (χ4n) is 3.04. The maximum atomic E-state index is 12.3. The SMILES string of the molecule is CCN1CCN(c2ccccc2NC(=O)/C=C/c2ccc(C)o2)CC1. The molecule has 1 aromatic heterocycles. The normalized spacial score (nSPS) is 15.7. The summed E-state index contributed by atoms with van der Waals surface area (Å²) in [5.74, 6) is 1.35. The number of benzene rings is 1. The molecule has 5 nitrogen and oxygen atoms in total. The summed E-state index contributed by atoms with van der Waals surface area (Å²) in [6.45, 7) is 9.21. The van der Waals surface area contributed by atoms with Crippen LogP contribution >= 0.6 is 0 Å². The number of para-hydroxylation sites is 2. The molecule has 0 radical (unpaired) electrons. The van der Waals surface area contributed by atoms with Gasteiger partial charge >= 0.3 is 0 Å². The summed E-state index contributed by atoms with van der Waals surface area (Å²) in [7, 11) is 0. The molecule has 2 heterocycles. The molecule has 0 atom stereocenters. The summed E-state index contributed by atoms with van der Waals surface area (Å²) < 4.78 is 5.44. The number of nitrogens with one attached hydrogen (secondary N) is 1. The second kappa shape index (κ2) is 8.03. The van der Waals surface area contributed by atoms with Crippen LogP contribution in [0.2, 0.25) is 0 Å². The number of amides is 1. The zero-order chi connectivity index (χ0) is 17.6. The fourth-order valence-corrected chi connectivity index (χ4v) is 3.04. The van der Waals surface area contributed by atoms with Gasteiger partial charge < -0.3 is 19.5 Å². The van der Waals surface area contributed by atoms with E-state index >= 15 is 0 Å². The number of rotatable bonds is 5. The number of piperazine rings is 1. The number of likely N-dealkylation sites (N-methyl/N-ethyl adjacent to an activating group) is 1. The first-order valence-corrected chi connectivity index (χ1v) is 8.77. The van der Waals surface area contributed by atoms with E-state index in [4.69, 9.17) is 4.42 Å². The van der Waals surface area contributed by atoms with Gasteiger partial charge in [0.15, 0.2) is 0 Å². The number of anilines is 2. The molecule has 5 heteroatoms. The number of furan rings is 1. The first-order valence-electron chi connectivity index (χ1n) is 8.77. The highest BCUT2D eigenvalue weighted by Crippen LogP contribution is 2.26. The van der Waals surface area contributed by atoms with Gasteiger partial charge in [-0.2, -0.15) is 0 Å². The van der Waals surface area contributed by atoms with Crippen LogP contribution in [-0.4, -0.2) is 43.5 Å². The van der Waals surface area contributed by atoms with Gasteiger partial charge in [0.1, 0.15) is 11.5 Å². The molecule has 0 saturated carbocycles. The minimum Gasteiger partial charge on any atom is -0.462 e. The van der Waals surface area contributed by atoms with Crippen LogP contribution in [-0.2, 0) is 4.79 Å². The van der Waals surface area contributed by atoms with Crippen molar-refractivity contribution in [2.45, 2.75) is 13.8 Å². The summed E-state index contributed by atoms with van der Waals surface area (Å²) in [5, 5.41) is 2.99. The van der Waals surface area contributed by atoms with Crippen LogP contribution in [0.4, 0.5) is 11.4 Å². The number of carbonyl (C=O) groups is 1. The van der Waals surface area contributed by atoms with Crippen molar-refractivity contribution in [1.82, 2.24) is 4.90 Å². The Morgan fingerprint density at radius 2 is 1.92 bits per heavy atom. The van der Waals surface area contributed by atoms with Gasteiger partial charge in [-0.3, -0.25) is 4.79 Å². The third kappa shape index (κ3) is 4.51. The molecule has 1 aliphatic rings. The van der Waals surface area contributed by atoms with Gasteiger partial charge in [-0.15, -0.1) is 0 Å². The van der Waals surface area contributed by atoms with Crippen molar-refractivity contribution < 1.29 is 9.21 Å². The van der Waals surface area contributed by atoms with Crippen LogP contribution < -0.4 is 10.2 Å². The molecule has 3 rings (SSSR count). The minimum atomic E-state index is -0.159. The maximum Gasteiger partial charge on any atom is 0.248 e. The smallest absolute Gasteiger partial charge is 0.248 e. The average molecular weight is 339 g/mol. The topological polar surface area (TPSA) is 48.7 Å². The number of hydrogen-bond donors (Lipinski definition) is 1. The van der Waals surface area contributed by atoms with Crippen LogP contribution in [0.5, 0.6) is 0 Å². The lowest BCUT2D eigenvalue weighted by molar-refractivity contribution is -0.111. The van der Waals surface area contributed by atoms with Crippen molar-refractivity contribution in [3.8, 4) is 0 Å². The number of aryl methyl sites for hydroxylation is 1. The molecule has 1 aliphatic heterocycles. The molecule has 0 bridgehead atoms. The van der Waals surface area contributed by atoms with Crippen LogP contribution in [0.25, 0.3) is 6.08 Å². The van der Waals surface area contributed by atoms with Crippen molar-refractivity contribution in [2.24, 2.45) is 0 Å². The van der Waals surface area contributed by atoms with Gasteiger partial charge in [0.2, 0.25) is 5.91 Å². The van der Waals surface area contributed by atoms with Gasteiger partial charge in [-0.05, 0) is 43.8 Å². The molecule has 132 valence electrons. The van der Waals surface area contributed by atoms with Crippen LogP contribution in [0, 0.1) is 6.92 Å². The number of nitrogens with zero attached hydrogens (tertiary/aromatic N) is 2. The quantitative estimate of drug-likeness (QED) is 0.849. The average Bonchev–Trinajstić information content (AvgIpc) is 3.06. The highest BCUT2D eigenvalue weighted by Gasteiger charge is 2.18. The van der Waals surface area contributed by atoms with Gasteiger partial charge in [0, 0.05) is 32.3 Å². The van der Waals surface area contributed by atoms with E-state index in [9.17, 15) is 4.79 Å². The van der Waals surface area contributed by atoms with E-state index in [1.807, 2.05) is 37.3 Å². The first-order chi connectivity index (χ1) is 12.2. The number of hydrogen-bond acceptors (Lipinski definition) is 4. The summed E-state index contributed by atoms with van der Waals surface area (Å²) >= 11 is 0. The van der Waals surface area contributed by atoms with Crippen LogP contribution in [0.1, 0.15) is 18.4 Å². The highest BCUT2D eigenvalue weighted by molar-refractivity contribution is 6.03. The Labute approximate surface area is 148 Å². The molecule has 1 amide bonds. The zero-order valence-electron chi connectivity index (χ0n) is 14.9. The van der Waals surface area contributed by atoms with Crippen LogP contribution in [0.15, 0.2) is 46.9 Å². The second-order valence-corrected chi connectivity index (χ2v) is 6.21. The minimum absolute atomic E-state index is 0.159. The van der Waals surface area contributed by atoms with Gasteiger partial charge in [-0.1, -0.05) is 19.1 Å². The molecule has 2 aromatic rings. The molecule has 0 unspecified atom stereocenters. The molecule has 0 spiro atoms. The van der Waals surface area contributed by atoms with Gasteiger partial charge in [0.05, 0.1) is 11.4 Å². The third-order valence-corrected chi connectivity index (χ3v) is 4.48. The summed E-state index contributed by atoms with van der Waals surface area (Å²) in [6, 6.07) is 11.7. The Morgan fingerprint density at radius 3 is 2.60 bits per heavy atom. The number of carbonyl (C=O) groups excluding carboxylic acids is 1. The molecular weight excluding hydrogens is 314 g/mol. The zero-order valence-corrected chi connectivity index (χ0v) is 14.9. The Balaban J connectivity index is 1.66. The van der Waals surface area contributed by atoms with E-state index in [0.29, 0.717) is 5.76 Å². The fraction of sp³-hybridized carbons (Fsp3) is 0.350. The van der Waals surface area contributed by atoms with Crippen molar-refractivity contribution in [1.29, 1.82) is 0 Å². The molecule has 1 saturated heterocycles. The lowest BCUT2D eigenvalue weighted by atomic mass is 10.2. The van der Waals surface area contributed by atoms with Crippen LogP contribution in [0.3, 0.4) is 0 Å². The lowest BCUT2D eigenvalue weighted by Crippen LogP contribution is -2.46. The van der Waals surface area contributed by atoms with E-state index in [2.05, 4.69) is 28.1 Å². The Morgan fingerprint density at radius 1 is 1.16 bits per heavy atom. The highest BCUT2D eigenvalue weighted by atomic mass is 16.3. The standard InChI is InChI=1S/C20H25N3O2/c1-3-22-12-14-23(15-13-22)19-7-5-4-6-18(19)21-20(24)11-10-17-9-8-16(2)25-17/h4-11H,3,12-15H2,1-2H3,(H,21,24)/b11-10+. The molecular formula is C20H25N3O2. The monoisotopic (exact) mass is 339 g/mol. The molecule has 1 N–H and O–H groups in total. The summed E-state index contributed by atoms with van der Waals surface area (Å²) in [6.07, 6.45) is 3.19. The van der Waals surface area contributed by atoms with Crippen molar-refractivity contribution in [3.63, 3.8) is 0 Å². The summed E-state index contributed by atoms with van der Waals surface area (Å²) in [4.78, 5) is 17.0. The van der Waals surface area contributed by atoms with E-state index in [0.717, 1.165) is 49.9 Å². The van der Waals surface area contributed by atoms with E-state index in [1.54, 1.807) is 6.08 Å². The van der Waals surface area contributed by atoms with E-state index in [-0.39, 0.29) is 5.91 Å². The lowest BCUT2D eigenvalue weighted by Gasteiger charge is -2.36. The predicted molar refractivity (Wildman–Crippen MR) is 102 cm³/mol. The predicted octanol–water partition coefficient (Wildman–Crippen LogP) is 3.38. The van der Waals surface area contributed by atoms with Gasteiger partial charge in [-0.25, -0.2) is 0 Å². The molecule has 0 aliphatic carbocycles. The second-order valence-electron chi connectivity index (χ2n) is 6.21. The molecule has 25 heavy (non-hydrogen) atoms. The van der Waals surface area contributed by atoms with E-state index < -0.39 is 0 Å². The Hall–Kier alpha value is -2.53. The van der Waals surface area contributed by atoms with Gasteiger partial charge in [0.25, 0.3) is 0 Å². The van der Waals surface area contributed by atoms with Crippen molar-refractivity contribution in [3.05, 3.63) is 54.0 Å². The summed E-state index contributed by atoms with van der Waals surface area (Å²) in [5.41, 5.74) is 1.92. The molecule has 1 aromatic carbocycles. The first kappa shape index (κ1) is 17.3. The molecule has 1 fully saturated rings. The third-order valence-electron chi connectivity index (χ3n) is 4.48. The Kier molecular flexibility index (Phi) is 5.56. The van der Waals surface area contributed by atoms with Crippen molar-refractivity contribution in [2.75, 3.05) is 42.9 Å². The maximum absolute atomic E-state index is 12.3. The van der Waals surface area contributed by atoms with E-state index in [1.165, 1.54) is 6.08 Å².